The standard InChI is InChI=1S/C22H14O6S4/c23-7-15-17-19(27-3-1-25-17)21(31-15)11-5-13(29-9-11)14-6-12(10-30-14)22-20-18(16(8-24)32-22)26-2-4-28-20/h5-10H,1-4H2. The zero-order valence-electron chi connectivity index (χ0n) is 16.4. The smallest absolute Gasteiger partial charge is 0.183 e. The van der Waals surface area contributed by atoms with Crippen molar-refractivity contribution in [2.45, 2.75) is 0 Å². The molecule has 0 fully saturated rings. The van der Waals surface area contributed by atoms with Crippen LogP contribution >= 0.6 is 45.3 Å². The van der Waals surface area contributed by atoms with Crippen molar-refractivity contribution in [2.75, 3.05) is 26.4 Å². The Hall–Kier alpha value is -2.66. The minimum atomic E-state index is 0.448. The molecule has 32 heavy (non-hydrogen) atoms. The van der Waals surface area contributed by atoms with Gasteiger partial charge in [0.05, 0.1) is 9.75 Å². The molecule has 6 nitrogen and oxygen atoms in total. The molecule has 2 aliphatic rings. The van der Waals surface area contributed by atoms with E-state index in [2.05, 4.69) is 22.9 Å². The van der Waals surface area contributed by atoms with Gasteiger partial charge < -0.3 is 18.9 Å². The zero-order valence-corrected chi connectivity index (χ0v) is 19.6. The van der Waals surface area contributed by atoms with Crippen LogP contribution in [-0.2, 0) is 0 Å². The lowest BCUT2D eigenvalue weighted by atomic mass is 10.2. The molecule has 0 amide bonds. The van der Waals surface area contributed by atoms with Crippen molar-refractivity contribution in [3.8, 4) is 53.6 Å². The van der Waals surface area contributed by atoms with Crippen LogP contribution in [0.2, 0.25) is 0 Å². The van der Waals surface area contributed by atoms with Crippen molar-refractivity contribution in [1.82, 2.24) is 0 Å². The van der Waals surface area contributed by atoms with Gasteiger partial charge in [0.1, 0.15) is 36.2 Å². The predicted octanol–water partition coefficient (Wildman–Crippen LogP) is 6.10. The molecule has 0 saturated carbocycles. The maximum absolute atomic E-state index is 11.5. The Balaban J connectivity index is 1.35. The second-order valence-electron chi connectivity index (χ2n) is 6.94. The van der Waals surface area contributed by atoms with Crippen LogP contribution < -0.4 is 18.9 Å². The average molecular weight is 503 g/mol. The van der Waals surface area contributed by atoms with Crippen LogP contribution in [0.1, 0.15) is 19.3 Å². The van der Waals surface area contributed by atoms with Gasteiger partial charge in [-0.3, -0.25) is 9.59 Å². The van der Waals surface area contributed by atoms with Crippen molar-refractivity contribution in [1.29, 1.82) is 0 Å². The summed E-state index contributed by atoms with van der Waals surface area (Å²) in [7, 11) is 0. The topological polar surface area (TPSA) is 71.1 Å². The fourth-order valence-corrected chi connectivity index (χ4v) is 7.69. The lowest BCUT2D eigenvalue weighted by Gasteiger charge is -2.16. The first-order valence-corrected chi connectivity index (χ1v) is 13.1. The first-order chi connectivity index (χ1) is 15.8. The van der Waals surface area contributed by atoms with E-state index >= 15 is 0 Å². The lowest BCUT2D eigenvalue weighted by molar-refractivity contribution is 0.110. The Morgan fingerprint density at radius 3 is 1.44 bits per heavy atom. The largest absolute Gasteiger partial charge is 0.485 e. The Bertz CT molecular complexity index is 1240. The second-order valence-corrected chi connectivity index (χ2v) is 10.9. The van der Waals surface area contributed by atoms with Gasteiger partial charge in [-0.1, -0.05) is 0 Å². The average Bonchev–Trinajstić information content (AvgIpc) is 3.62. The number of hydrogen-bond acceptors (Lipinski definition) is 10. The van der Waals surface area contributed by atoms with E-state index in [1.165, 1.54) is 22.7 Å². The molecule has 6 rings (SSSR count). The van der Waals surface area contributed by atoms with E-state index in [1.54, 1.807) is 22.7 Å². The van der Waals surface area contributed by atoms with E-state index in [1.807, 2.05) is 0 Å². The van der Waals surface area contributed by atoms with Crippen LogP contribution in [0.3, 0.4) is 0 Å². The third-order valence-electron chi connectivity index (χ3n) is 5.03. The highest BCUT2D eigenvalue weighted by Crippen LogP contribution is 2.52. The summed E-state index contributed by atoms with van der Waals surface area (Å²) < 4.78 is 23.0. The number of aldehydes is 2. The third kappa shape index (κ3) is 3.17. The monoisotopic (exact) mass is 502 g/mol. The van der Waals surface area contributed by atoms with E-state index in [-0.39, 0.29) is 0 Å². The molecular formula is C22H14O6S4. The molecule has 4 aromatic rings. The second kappa shape index (κ2) is 8.04. The van der Waals surface area contributed by atoms with Gasteiger partial charge >= 0.3 is 0 Å². The fourth-order valence-electron chi connectivity index (χ4n) is 3.65. The van der Waals surface area contributed by atoms with E-state index in [9.17, 15) is 9.59 Å². The highest BCUT2D eigenvalue weighted by atomic mass is 32.1. The van der Waals surface area contributed by atoms with Gasteiger partial charge in [0, 0.05) is 31.6 Å². The molecular weight excluding hydrogens is 489 g/mol. The first kappa shape index (κ1) is 20.0. The summed E-state index contributed by atoms with van der Waals surface area (Å²) in [4.78, 5) is 28.1. The molecule has 0 aromatic carbocycles. The van der Waals surface area contributed by atoms with E-state index in [4.69, 9.17) is 18.9 Å². The zero-order chi connectivity index (χ0) is 21.7. The first-order valence-electron chi connectivity index (χ1n) is 9.70. The lowest BCUT2D eigenvalue weighted by Crippen LogP contribution is -2.15. The molecule has 0 unspecified atom stereocenters. The summed E-state index contributed by atoms with van der Waals surface area (Å²) in [5.41, 5.74) is 2.02. The van der Waals surface area contributed by atoms with Crippen LogP contribution in [-0.4, -0.2) is 39.0 Å². The number of thiophene rings is 4. The van der Waals surface area contributed by atoms with E-state index in [0.717, 1.165) is 43.2 Å². The van der Waals surface area contributed by atoms with Gasteiger partial charge in [-0.05, 0) is 12.1 Å². The van der Waals surface area contributed by atoms with Crippen LogP contribution in [0.4, 0.5) is 0 Å². The molecule has 0 atom stereocenters. The maximum Gasteiger partial charge on any atom is 0.183 e. The molecule has 0 radical (unpaired) electrons. The molecule has 0 aliphatic carbocycles. The molecule has 0 N–H and O–H groups in total. The normalized spacial score (nSPS) is 14.4. The van der Waals surface area contributed by atoms with Gasteiger partial charge in [0.2, 0.25) is 0 Å². The Labute approximate surface area is 198 Å². The van der Waals surface area contributed by atoms with Crippen LogP contribution in [0, 0.1) is 0 Å². The molecule has 0 spiro atoms. The third-order valence-corrected chi connectivity index (χ3v) is 9.34. The number of fused-ring (bicyclic) bond motifs is 2. The van der Waals surface area contributed by atoms with Crippen molar-refractivity contribution in [2.24, 2.45) is 0 Å². The Kier molecular flexibility index (Phi) is 5.02. The summed E-state index contributed by atoms with van der Waals surface area (Å²) in [6.45, 7) is 1.84. The minimum absolute atomic E-state index is 0.448. The quantitative estimate of drug-likeness (QED) is 0.307. The molecule has 162 valence electrons. The molecule has 0 bridgehead atoms. The number of ether oxygens (including phenoxy) is 4. The van der Waals surface area contributed by atoms with Gasteiger partial charge in [0.25, 0.3) is 0 Å². The van der Waals surface area contributed by atoms with Crippen molar-refractivity contribution < 1.29 is 28.5 Å². The van der Waals surface area contributed by atoms with E-state index < -0.39 is 0 Å². The molecule has 10 heteroatoms. The van der Waals surface area contributed by atoms with Gasteiger partial charge in [0.15, 0.2) is 35.6 Å². The van der Waals surface area contributed by atoms with Gasteiger partial charge in [-0.25, -0.2) is 0 Å². The SMILES string of the molecule is O=Cc1sc(-c2csc(-c3cc(-c4sc(C=O)c5c4OCCO5)cs3)c2)c2c1OCCO2. The van der Waals surface area contributed by atoms with Crippen LogP contribution in [0.5, 0.6) is 23.0 Å². The molecule has 6 heterocycles. The molecule has 0 saturated heterocycles. The number of hydrogen-bond donors (Lipinski definition) is 0. The van der Waals surface area contributed by atoms with Crippen molar-refractivity contribution >= 4 is 57.9 Å². The number of carbonyl (C=O) groups excluding carboxylic acids is 2. The highest BCUT2D eigenvalue weighted by molar-refractivity contribution is 7.22. The van der Waals surface area contributed by atoms with Crippen LogP contribution in [0.15, 0.2) is 22.9 Å². The highest BCUT2D eigenvalue weighted by Gasteiger charge is 2.27. The Morgan fingerprint density at radius 1 is 0.625 bits per heavy atom. The summed E-state index contributed by atoms with van der Waals surface area (Å²) in [6, 6.07) is 4.22. The molecule has 2 aliphatic heterocycles. The van der Waals surface area contributed by atoms with Gasteiger partial charge in [-0.2, -0.15) is 0 Å². The maximum atomic E-state index is 11.5. The van der Waals surface area contributed by atoms with Crippen LogP contribution in [0.25, 0.3) is 30.6 Å². The Morgan fingerprint density at radius 2 is 1.03 bits per heavy atom. The summed E-state index contributed by atoms with van der Waals surface area (Å²) in [5.74, 6) is 2.41. The minimum Gasteiger partial charge on any atom is -0.485 e. The van der Waals surface area contributed by atoms with Crippen molar-refractivity contribution in [3.63, 3.8) is 0 Å². The summed E-state index contributed by atoms with van der Waals surface area (Å²) in [5, 5.41) is 4.14. The molecule has 4 aromatic heterocycles. The summed E-state index contributed by atoms with van der Waals surface area (Å²) >= 11 is 6.05. The van der Waals surface area contributed by atoms with Gasteiger partial charge in [-0.15, -0.1) is 45.3 Å². The summed E-state index contributed by atoms with van der Waals surface area (Å²) in [6.07, 6.45) is 1.64. The predicted molar refractivity (Wildman–Crippen MR) is 127 cm³/mol. The fraction of sp³-hybridized carbons (Fsp3) is 0.182. The number of carbonyl (C=O) groups is 2. The van der Waals surface area contributed by atoms with Crippen molar-refractivity contribution in [3.05, 3.63) is 32.6 Å². The van der Waals surface area contributed by atoms with E-state index in [0.29, 0.717) is 59.2 Å². The number of rotatable bonds is 5.